The monoisotopic (exact) mass is 337 g/mol. The van der Waals surface area contributed by atoms with Gasteiger partial charge in [0.15, 0.2) is 23.9 Å². The van der Waals surface area contributed by atoms with Gasteiger partial charge in [-0.05, 0) is 30.3 Å². The lowest BCUT2D eigenvalue weighted by atomic mass is 10.1. The maximum Gasteiger partial charge on any atom is 0.235 e. The van der Waals surface area contributed by atoms with Crippen LogP contribution < -0.4 is 19.6 Å². The molecule has 0 unspecified atom stereocenters. The molecular weight excluding hydrogens is 322 g/mol. The van der Waals surface area contributed by atoms with Crippen LogP contribution in [0.1, 0.15) is 0 Å². The predicted molar refractivity (Wildman–Crippen MR) is 92.1 cm³/mol. The second-order valence-electron chi connectivity index (χ2n) is 5.10. The van der Waals surface area contributed by atoms with E-state index in [4.69, 9.17) is 23.9 Å². The van der Waals surface area contributed by atoms with Crippen LogP contribution in [0.25, 0.3) is 22.3 Å². The number of methoxy groups -OCH3 is 2. The molecule has 0 N–H and O–H groups in total. The number of benzene rings is 2. The van der Waals surface area contributed by atoms with Crippen LogP contribution in [0, 0.1) is 11.3 Å². The molecular formula is C19H15NO5. The van der Waals surface area contributed by atoms with Gasteiger partial charge in [0.25, 0.3) is 0 Å². The summed E-state index contributed by atoms with van der Waals surface area (Å²) in [6, 6.07) is 13.9. The third-order valence-corrected chi connectivity index (χ3v) is 3.68. The van der Waals surface area contributed by atoms with Crippen molar-refractivity contribution >= 4 is 11.0 Å². The molecule has 0 spiro atoms. The van der Waals surface area contributed by atoms with E-state index in [1.54, 1.807) is 42.5 Å². The first-order valence-electron chi connectivity index (χ1n) is 7.47. The smallest absolute Gasteiger partial charge is 0.235 e. The molecule has 0 radical (unpaired) electrons. The average molecular weight is 337 g/mol. The molecule has 0 bridgehead atoms. The molecule has 1 heterocycles. The van der Waals surface area contributed by atoms with Gasteiger partial charge in [0.2, 0.25) is 11.2 Å². The number of ether oxygens (including phenoxy) is 3. The second kappa shape index (κ2) is 6.97. The van der Waals surface area contributed by atoms with E-state index in [0.717, 1.165) is 0 Å². The number of fused-ring (bicyclic) bond motifs is 1. The standard InChI is InChI=1S/C19H15NO5/c1-22-15-8-7-12(11-16(15)23-2)18-19(24-10-9-20)17(21)13-5-3-4-6-14(13)25-18/h3-8,11H,10H2,1-2H3. The molecule has 3 aromatic rings. The quantitative estimate of drug-likeness (QED) is 0.710. The summed E-state index contributed by atoms with van der Waals surface area (Å²) < 4.78 is 21.8. The number of para-hydroxylation sites is 1. The molecule has 0 amide bonds. The Labute approximate surface area is 143 Å². The number of hydrogen-bond donors (Lipinski definition) is 0. The first-order chi connectivity index (χ1) is 12.2. The van der Waals surface area contributed by atoms with E-state index in [1.807, 2.05) is 6.07 Å². The molecule has 25 heavy (non-hydrogen) atoms. The van der Waals surface area contributed by atoms with Crippen molar-refractivity contribution in [1.29, 1.82) is 5.26 Å². The van der Waals surface area contributed by atoms with E-state index >= 15 is 0 Å². The number of nitrogens with zero attached hydrogens (tertiary/aromatic N) is 1. The van der Waals surface area contributed by atoms with Gasteiger partial charge in [0, 0.05) is 5.56 Å². The third kappa shape index (κ3) is 3.00. The van der Waals surface area contributed by atoms with E-state index in [0.29, 0.717) is 28.0 Å². The number of rotatable bonds is 5. The van der Waals surface area contributed by atoms with Gasteiger partial charge in [-0.1, -0.05) is 12.1 Å². The van der Waals surface area contributed by atoms with Crippen LogP contribution in [0.3, 0.4) is 0 Å². The van der Waals surface area contributed by atoms with Gasteiger partial charge in [0.1, 0.15) is 11.7 Å². The van der Waals surface area contributed by atoms with Crippen molar-refractivity contribution < 1.29 is 18.6 Å². The Morgan fingerprint density at radius 2 is 1.84 bits per heavy atom. The number of nitriles is 1. The van der Waals surface area contributed by atoms with Crippen molar-refractivity contribution in [3.05, 3.63) is 52.7 Å². The van der Waals surface area contributed by atoms with Crippen molar-refractivity contribution in [1.82, 2.24) is 0 Å². The summed E-state index contributed by atoms with van der Waals surface area (Å²) >= 11 is 0. The molecule has 0 atom stereocenters. The molecule has 0 saturated carbocycles. The first kappa shape index (κ1) is 16.4. The fourth-order valence-corrected chi connectivity index (χ4v) is 2.53. The summed E-state index contributed by atoms with van der Waals surface area (Å²) in [6.07, 6.45) is 0. The molecule has 1 aromatic heterocycles. The topological polar surface area (TPSA) is 81.7 Å². The highest BCUT2D eigenvalue weighted by Gasteiger charge is 2.19. The second-order valence-corrected chi connectivity index (χ2v) is 5.10. The Hall–Kier alpha value is -3.46. The lowest BCUT2D eigenvalue weighted by Crippen LogP contribution is -2.10. The van der Waals surface area contributed by atoms with Gasteiger partial charge in [-0.3, -0.25) is 4.79 Å². The van der Waals surface area contributed by atoms with Crippen LogP contribution in [0.4, 0.5) is 0 Å². The van der Waals surface area contributed by atoms with Crippen molar-refractivity contribution in [2.24, 2.45) is 0 Å². The molecule has 6 nitrogen and oxygen atoms in total. The Balaban J connectivity index is 2.27. The van der Waals surface area contributed by atoms with Crippen molar-refractivity contribution in [2.45, 2.75) is 0 Å². The van der Waals surface area contributed by atoms with Gasteiger partial charge in [-0.15, -0.1) is 0 Å². The summed E-state index contributed by atoms with van der Waals surface area (Å²) in [7, 11) is 3.06. The van der Waals surface area contributed by atoms with E-state index in [-0.39, 0.29) is 23.5 Å². The molecule has 0 aliphatic carbocycles. The Morgan fingerprint density at radius 3 is 2.56 bits per heavy atom. The average Bonchev–Trinajstić information content (AvgIpc) is 2.66. The van der Waals surface area contributed by atoms with Crippen LogP contribution in [0.2, 0.25) is 0 Å². The van der Waals surface area contributed by atoms with Crippen LogP contribution in [0.5, 0.6) is 17.2 Å². The fourth-order valence-electron chi connectivity index (χ4n) is 2.53. The molecule has 0 fully saturated rings. The predicted octanol–water partition coefficient (Wildman–Crippen LogP) is 3.38. The number of hydrogen-bond acceptors (Lipinski definition) is 6. The zero-order chi connectivity index (χ0) is 17.8. The fraction of sp³-hybridized carbons (Fsp3) is 0.158. The summed E-state index contributed by atoms with van der Waals surface area (Å²) in [5.74, 6) is 1.27. The zero-order valence-electron chi connectivity index (χ0n) is 13.7. The molecule has 2 aromatic carbocycles. The molecule has 0 aliphatic rings. The van der Waals surface area contributed by atoms with Crippen molar-refractivity contribution in [3.63, 3.8) is 0 Å². The van der Waals surface area contributed by atoms with Crippen molar-refractivity contribution in [3.8, 4) is 34.6 Å². The highest BCUT2D eigenvalue weighted by atomic mass is 16.5. The van der Waals surface area contributed by atoms with Gasteiger partial charge >= 0.3 is 0 Å². The normalized spacial score (nSPS) is 10.3. The Morgan fingerprint density at radius 1 is 1.08 bits per heavy atom. The van der Waals surface area contributed by atoms with E-state index in [9.17, 15) is 4.79 Å². The maximum atomic E-state index is 12.8. The molecule has 6 heteroatoms. The van der Waals surface area contributed by atoms with Crippen LogP contribution >= 0.6 is 0 Å². The maximum absolute atomic E-state index is 12.8. The molecule has 3 rings (SSSR count). The highest BCUT2D eigenvalue weighted by Crippen LogP contribution is 2.36. The van der Waals surface area contributed by atoms with Gasteiger partial charge in [0.05, 0.1) is 19.6 Å². The lowest BCUT2D eigenvalue weighted by Gasteiger charge is -2.12. The zero-order valence-corrected chi connectivity index (χ0v) is 13.7. The summed E-state index contributed by atoms with van der Waals surface area (Å²) in [5.41, 5.74) is 0.678. The van der Waals surface area contributed by atoms with Crippen molar-refractivity contribution in [2.75, 3.05) is 20.8 Å². The van der Waals surface area contributed by atoms with Gasteiger partial charge in [-0.25, -0.2) is 0 Å². The molecule has 0 saturated heterocycles. The SMILES string of the molecule is COc1ccc(-c2oc3ccccc3c(=O)c2OCC#N)cc1OC. The van der Waals surface area contributed by atoms with E-state index < -0.39 is 0 Å². The summed E-state index contributed by atoms with van der Waals surface area (Å²) in [4.78, 5) is 12.8. The van der Waals surface area contributed by atoms with Crippen LogP contribution in [-0.2, 0) is 0 Å². The van der Waals surface area contributed by atoms with Gasteiger partial charge < -0.3 is 18.6 Å². The largest absolute Gasteiger partial charge is 0.493 e. The van der Waals surface area contributed by atoms with Crippen LogP contribution in [-0.4, -0.2) is 20.8 Å². The van der Waals surface area contributed by atoms with Gasteiger partial charge in [-0.2, -0.15) is 5.26 Å². The summed E-state index contributed by atoms with van der Waals surface area (Å²) in [5, 5.41) is 9.19. The molecule has 126 valence electrons. The van der Waals surface area contributed by atoms with Crippen LogP contribution in [0.15, 0.2) is 51.7 Å². The minimum absolute atomic E-state index is 0.00697. The van der Waals surface area contributed by atoms with E-state index in [2.05, 4.69) is 0 Å². The Kier molecular flexibility index (Phi) is 4.57. The molecule has 0 aliphatic heterocycles. The minimum atomic E-state index is -0.332. The first-order valence-corrected chi connectivity index (χ1v) is 7.47. The highest BCUT2D eigenvalue weighted by molar-refractivity contribution is 5.82. The minimum Gasteiger partial charge on any atom is -0.493 e. The van der Waals surface area contributed by atoms with E-state index in [1.165, 1.54) is 14.2 Å². The third-order valence-electron chi connectivity index (χ3n) is 3.68. The summed E-state index contributed by atoms with van der Waals surface area (Å²) in [6.45, 7) is -0.261. The lowest BCUT2D eigenvalue weighted by molar-refractivity contribution is 0.353. The Bertz CT molecular complexity index is 1020.